The molecule has 134 valence electrons. The highest BCUT2D eigenvalue weighted by Crippen LogP contribution is 2.26. The molecule has 1 fully saturated rings. The van der Waals surface area contributed by atoms with E-state index in [-0.39, 0.29) is 17.2 Å². The summed E-state index contributed by atoms with van der Waals surface area (Å²) in [6.45, 7) is 3.15. The Morgan fingerprint density at radius 3 is 2.76 bits per heavy atom. The van der Waals surface area contributed by atoms with E-state index in [2.05, 4.69) is 17.3 Å². The van der Waals surface area contributed by atoms with E-state index in [1.54, 1.807) is 31.3 Å². The zero-order valence-corrected chi connectivity index (χ0v) is 14.8. The monoisotopic (exact) mass is 343 g/mol. The summed E-state index contributed by atoms with van der Waals surface area (Å²) in [6.07, 6.45) is 5.10. The Balaban J connectivity index is 1.63. The lowest BCUT2D eigenvalue weighted by Crippen LogP contribution is -2.33. The normalized spacial score (nSPS) is 20.6. The largest absolute Gasteiger partial charge is 0.376 e. The van der Waals surface area contributed by atoms with Crippen molar-refractivity contribution in [3.8, 4) is 0 Å². The molecule has 0 radical (unpaired) electrons. The SMILES string of the molecule is C[C@@H]1CCCC[C@H]1OCCNC(=O)c1nn(C)c(=O)c2ccccc12. The van der Waals surface area contributed by atoms with E-state index >= 15 is 0 Å². The van der Waals surface area contributed by atoms with Crippen LogP contribution in [0.1, 0.15) is 43.1 Å². The third kappa shape index (κ3) is 3.90. The number of nitrogens with zero attached hydrogens (tertiary/aromatic N) is 2. The van der Waals surface area contributed by atoms with Gasteiger partial charge in [0.25, 0.3) is 11.5 Å². The predicted molar refractivity (Wildman–Crippen MR) is 96.7 cm³/mol. The van der Waals surface area contributed by atoms with Crippen LogP contribution in [0.25, 0.3) is 10.8 Å². The molecule has 6 nitrogen and oxygen atoms in total. The van der Waals surface area contributed by atoms with Crippen LogP contribution < -0.4 is 10.9 Å². The predicted octanol–water partition coefficient (Wildman–Crippen LogP) is 2.26. The van der Waals surface area contributed by atoms with Crippen molar-refractivity contribution in [3.63, 3.8) is 0 Å². The van der Waals surface area contributed by atoms with Crippen LogP contribution in [0.2, 0.25) is 0 Å². The molecule has 1 aromatic carbocycles. The summed E-state index contributed by atoms with van der Waals surface area (Å²) in [5, 5.41) is 8.05. The highest BCUT2D eigenvalue weighted by Gasteiger charge is 2.21. The zero-order valence-electron chi connectivity index (χ0n) is 14.8. The third-order valence-electron chi connectivity index (χ3n) is 4.92. The van der Waals surface area contributed by atoms with Gasteiger partial charge in [0, 0.05) is 19.0 Å². The Labute approximate surface area is 147 Å². The maximum absolute atomic E-state index is 12.5. The van der Waals surface area contributed by atoms with Crippen molar-refractivity contribution in [2.75, 3.05) is 13.2 Å². The molecule has 3 rings (SSSR count). The summed E-state index contributed by atoms with van der Waals surface area (Å²) in [7, 11) is 1.55. The van der Waals surface area contributed by atoms with Gasteiger partial charge in [-0.2, -0.15) is 5.10 Å². The molecular formula is C19H25N3O3. The Kier molecular flexibility index (Phi) is 5.48. The van der Waals surface area contributed by atoms with E-state index < -0.39 is 0 Å². The average Bonchev–Trinajstić information content (AvgIpc) is 2.63. The molecule has 2 aromatic rings. The van der Waals surface area contributed by atoms with Gasteiger partial charge in [-0.3, -0.25) is 9.59 Å². The van der Waals surface area contributed by atoms with Crippen LogP contribution in [0, 0.1) is 5.92 Å². The number of benzene rings is 1. The fourth-order valence-electron chi connectivity index (χ4n) is 3.46. The van der Waals surface area contributed by atoms with E-state index in [1.165, 1.54) is 23.9 Å². The molecule has 0 unspecified atom stereocenters. The van der Waals surface area contributed by atoms with Gasteiger partial charge in [0.1, 0.15) is 0 Å². The van der Waals surface area contributed by atoms with Crippen molar-refractivity contribution < 1.29 is 9.53 Å². The molecule has 0 spiro atoms. The molecule has 1 heterocycles. The number of aryl methyl sites for hydroxylation is 1. The lowest BCUT2D eigenvalue weighted by atomic mass is 9.88. The first-order valence-electron chi connectivity index (χ1n) is 8.94. The summed E-state index contributed by atoms with van der Waals surface area (Å²) < 4.78 is 7.13. The molecule has 2 atom stereocenters. The third-order valence-corrected chi connectivity index (χ3v) is 4.92. The van der Waals surface area contributed by atoms with Crippen LogP contribution in [0.3, 0.4) is 0 Å². The van der Waals surface area contributed by atoms with Crippen LogP contribution in [-0.2, 0) is 11.8 Å². The summed E-state index contributed by atoms with van der Waals surface area (Å²) in [4.78, 5) is 24.6. The molecule has 1 aliphatic rings. The molecule has 1 amide bonds. The van der Waals surface area contributed by atoms with E-state index in [4.69, 9.17) is 4.74 Å². The number of hydrogen-bond acceptors (Lipinski definition) is 4. The van der Waals surface area contributed by atoms with Gasteiger partial charge in [0.05, 0.1) is 18.1 Å². The molecule has 0 bridgehead atoms. The second kappa shape index (κ2) is 7.78. The average molecular weight is 343 g/mol. The number of aromatic nitrogens is 2. The lowest BCUT2D eigenvalue weighted by Gasteiger charge is -2.28. The zero-order chi connectivity index (χ0) is 17.8. The molecule has 6 heteroatoms. The second-order valence-electron chi connectivity index (χ2n) is 6.75. The molecule has 25 heavy (non-hydrogen) atoms. The standard InChI is InChI=1S/C19H25N3O3/c1-13-7-3-6-10-16(13)25-12-11-20-18(23)17-14-8-4-5-9-15(14)19(24)22(2)21-17/h4-5,8-9,13,16H,3,6-7,10-12H2,1-2H3,(H,20,23)/t13-,16-/m1/s1. The molecular weight excluding hydrogens is 318 g/mol. The Hall–Kier alpha value is -2.21. The van der Waals surface area contributed by atoms with Gasteiger partial charge < -0.3 is 10.1 Å². The van der Waals surface area contributed by atoms with E-state index in [9.17, 15) is 9.59 Å². The Morgan fingerprint density at radius 2 is 2.00 bits per heavy atom. The minimum Gasteiger partial charge on any atom is -0.376 e. The van der Waals surface area contributed by atoms with Gasteiger partial charge in [-0.1, -0.05) is 38.0 Å². The molecule has 1 saturated carbocycles. The molecule has 0 aliphatic heterocycles. The maximum Gasteiger partial charge on any atom is 0.274 e. The second-order valence-corrected chi connectivity index (χ2v) is 6.75. The quantitative estimate of drug-likeness (QED) is 0.845. The van der Waals surface area contributed by atoms with Crippen molar-refractivity contribution >= 4 is 16.7 Å². The number of carbonyl (C=O) groups excluding carboxylic acids is 1. The van der Waals surface area contributed by atoms with Crippen LogP contribution >= 0.6 is 0 Å². The van der Waals surface area contributed by atoms with Crippen molar-refractivity contribution in [3.05, 3.63) is 40.3 Å². The first-order valence-corrected chi connectivity index (χ1v) is 8.94. The smallest absolute Gasteiger partial charge is 0.274 e. The van der Waals surface area contributed by atoms with E-state index in [1.807, 2.05) is 0 Å². The number of amides is 1. The number of carbonyl (C=O) groups is 1. The number of hydrogen-bond donors (Lipinski definition) is 1. The van der Waals surface area contributed by atoms with Crippen LogP contribution in [-0.4, -0.2) is 34.9 Å². The Bertz CT molecular complexity index is 815. The first kappa shape index (κ1) is 17.6. The van der Waals surface area contributed by atoms with Crippen molar-refractivity contribution in [1.29, 1.82) is 0 Å². The summed E-state index contributed by atoms with van der Waals surface area (Å²) in [6, 6.07) is 7.04. The lowest BCUT2D eigenvalue weighted by molar-refractivity contribution is -0.00295. The summed E-state index contributed by atoms with van der Waals surface area (Å²) in [5.41, 5.74) is 0.0607. The van der Waals surface area contributed by atoms with Gasteiger partial charge in [-0.05, 0) is 24.8 Å². The van der Waals surface area contributed by atoms with Gasteiger partial charge in [0.2, 0.25) is 0 Å². The number of ether oxygens (including phenoxy) is 1. The van der Waals surface area contributed by atoms with E-state index in [0.29, 0.717) is 35.9 Å². The highest BCUT2D eigenvalue weighted by molar-refractivity contribution is 6.04. The van der Waals surface area contributed by atoms with E-state index in [0.717, 1.165) is 6.42 Å². The van der Waals surface area contributed by atoms with Gasteiger partial charge >= 0.3 is 0 Å². The number of nitrogens with one attached hydrogen (secondary N) is 1. The van der Waals surface area contributed by atoms with Crippen LogP contribution in [0.15, 0.2) is 29.1 Å². The summed E-state index contributed by atoms with van der Waals surface area (Å²) >= 11 is 0. The minimum absolute atomic E-state index is 0.207. The summed E-state index contributed by atoms with van der Waals surface area (Å²) in [5.74, 6) is 0.297. The minimum atomic E-state index is -0.285. The van der Waals surface area contributed by atoms with Gasteiger partial charge in [0.15, 0.2) is 5.69 Å². The topological polar surface area (TPSA) is 73.2 Å². The highest BCUT2D eigenvalue weighted by atomic mass is 16.5. The van der Waals surface area contributed by atoms with Gasteiger partial charge in [-0.25, -0.2) is 4.68 Å². The van der Waals surface area contributed by atoms with Crippen molar-refractivity contribution in [2.24, 2.45) is 13.0 Å². The van der Waals surface area contributed by atoms with Crippen molar-refractivity contribution in [2.45, 2.75) is 38.7 Å². The van der Waals surface area contributed by atoms with Gasteiger partial charge in [-0.15, -0.1) is 0 Å². The molecule has 1 aromatic heterocycles. The van der Waals surface area contributed by atoms with Crippen LogP contribution in [0.4, 0.5) is 0 Å². The molecule has 0 saturated heterocycles. The molecule has 1 N–H and O–H groups in total. The fraction of sp³-hybridized carbons (Fsp3) is 0.526. The van der Waals surface area contributed by atoms with Crippen LogP contribution in [0.5, 0.6) is 0 Å². The molecule has 1 aliphatic carbocycles. The maximum atomic E-state index is 12.5. The Morgan fingerprint density at radius 1 is 1.28 bits per heavy atom. The number of rotatable bonds is 5. The fourth-order valence-corrected chi connectivity index (χ4v) is 3.46. The van der Waals surface area contributed by atoms with Crippen molar-refractivity contribution in [1.82, 2.24) is 15.1 Å². The number of fused-ring (bicyclic) bond motifs is 1. The first-order chi connectivity index (χ1) is 12.1.